The van der Waals surface area contributed by atoms with E-state index in [1.165, 1.54) is 6.33 Å². The predicted octanol–water partition coefficient (Wildman–Crippen LogP) is 2.76. The normalized spacial score (nSPS) is 18.5. The number of anilines is 1. The van der Waals surface area contributed by atoms with Gasteiger partial charge in [-0.2, -0.15) is 10.4 Å². The third-order valence-corrected chi connectivity index (χ3v) is 4.07. The van der Waals surface area contributed by atoms with Crippen LogP contribution in [0.15, 0.2) is 12.4 Å². The van der Waals surface area contributed by atoms with Crippen LogP contribution < -0.4 is 4.90 Å². The summed E-state index contributed by atoms with van der Waals surface area (Å²) in [4.78, 5) is 11.0. The number of pyridine rings is 1. The van der Waals surface area contributed by atoms with Gasteiger partial charge in [-0.3, -0.25) is 5.10 Å². The van der Waals surface area contributed by atoms with E-state index in [0.717, 1.165) is 31.6 Å². The fraction of sp³-hybridized carbons (Fsp3) is 0.429. The third-order valence-electron chi connectivity index (χ3n) is 3.79. The molecule has 1 unspecified atom stereocenters. The van der Waals surface area contributed by atoms with Crippen molar-refractivity contribution in [1.82, 2.24) is 20.2 Å². The van der Waals surface area contributed by atoms with E-state index in [4.69, 9.17) is 16.9 Å². The summed E-state index contributed by atoms with van der Waals surface area (Å²) < 4.78 is 0. The van der Waals surface area contributed by atoms with Crippen molar-refractivity contribution in [2.45, 2.75) is 32.2 Å². The molecule has 0 aromatic carbocycles. The van der Waals surface area contributed by atoms with Crippen molar-refractivity contribution in [3.63, 3.8) is 0 Å². The molecule has 0 saturated carbocycles. The highest BCUT2D eigenvalue weighted by atomic mass is 35.5. The molecule has 3 heterocycles. The molecule has 2 aromatic heterocycles. The highest BCUT2D eigenvalue weighted by Gasteiger charge is 2.29. The maximum Gasteiger partial charge on any atom is 0.148 e. The standard InChI is InChI=1S/C14H15ClN6/c1-9-10(7-16)6-11(15)14(19-9)21-5-3-2-4-12(21)13-17-8-18-20-13/h6,8,12H,2-5H2,1H3,(H,17,18,20). The quantitative estimate of drug-likeness (QED) is 0.922. The van der Waals surface area contributed by atoms with Crippen LogP contribution >= 0.6 is 11.6 Å². The van der Waals surface area contributed by atoms with Gasteiger partial charge in [0.15, 0.2) is 0 Å². The van der Waals surface area contributed by atoms with Crippen molar-refractivity contribution in [3.05, 3.63) is 34.5 Å². The molecular formula is C14H15ClN6. The van der Waals surface area contributed by atoms with E-state index in [1.54, 1.807) is 6.07 Å². The number of hydrogen-bond acceptors (Lipinski definition) is 5. The van der Waals surface area contributed by atoms with Crippen molar-refractivity contribution in [3.8, 4) is 6.07 Å². The molecule has 1 aliphatic heterocycles. The van der Waals surface area contributed by atoms with E-state index in [2.05, 4.69) is 31.1 Å². The molecule has 1 aliphatic rings. The number of hydrogen-bond donors (Lipinski definition) is 1. The molecule has 0 bridgehead atoms. The summed E-state index contributed by atoms with van der Waals surface area (Å²) in [7, 11) is 0. The Hall–Kier alpha value is -2.13. The van der Waals surface area contributed by atoms with Crippen LogP contribution in [0, 0.1) is 18.3 Å². The molecule has 0 aliphatic carbocycles. The molecule has 6 nitrogen and oxygen atoms in total. The lowest BCUT2D eigenvalue weighted by atomic mass is 10.0. The first-order valence-electron chi connectivity index (χ1n) is 6.90. The van der Waals surface area contributed by atoms with Gasteiger partial charge in [-0.05, 0) is 32.3 Å². The number of nitrogens with one attached hydrogen (secondary N) is 1. The van der Waals surface area contributed by atoms with Crippen LogP contribution in [0.2, 0.25) is 5.02 Å². The first-order chi connectivity index (χ1) is 10.2. The Morgan fingerprint density at radius 3 is 3.05 bits per heavy atom. The number of piperidine rings is 1. The largest absolute Gasteiger partial charge is 0.345 e. The molecular weight excluding hydrogens is 288 g/mol. The summed E-state index contributed by atoms with van der Waals surface area (Å²) >= 11 is 6.34. The van der Waals surface area contributed by atoms with E-state index in [9.17, 15) is 0 Å². The molecule has 0 amide bonds. The van der Waals surface area contributed by atoms with Gasteiger partial charge in [-0.1, -0.05) is 11.6 Å². The van der Waals surface area contributed by atoms with Gasteiger partial charge in [0, 0.05) is 6.54 Å². The Balaban J connectivity index is 2.01. The van der Waals surface area contributed by atoms with Crippen LogP contribution in [-0.4, -0.2) is 26.7 Å². The number of H-pyrrole nitrogens is 1. The first kappa shape index (κ1) is 13.8. The molecule has 1 atom stereocenters. The summed E-state index contributed by atoms with van der Waals surface area (Å²) in [6.07, 6.45) is 4.71. The monoisotopic (exact) mass is 302 g/mol. The van der Waals surface area contributed by atoms with E-state index in [1.807, 2.05) is 6.92 Å². The minimum atomic E-state index is 0.0959. The Kier molecular flexibility index (Phi) is 3.76. The minimum absolute atomic E-state index is 0.0959. The number of halogens is 1. The van der Waals surface area contributed by atoms with Crippen LogP contribution in [-0.2, 0) is 0 Å². The fourth-order valence-electron chi connectivity index (χ4n) is 2.73. The average molecular weight is 303 g/mol. The van der Waals surface area contributed by atoms with Gasteiger partial charge in [0.2, 0.25) is 0 Å². The van der Waals surface area contributed by atoms with Crippen LogP contribution in [0.3, 0.4) is 0 Å². The number of nitrogens with zero attached hydrogens (tertiary/aromatic N) is 5. The lowest BCUT2D eigenvalue weighted by Crippen LogP contribution is -2.35. The third kappa shape index (κ3) is 2.57. The summed E-state index contributed by atoms with van der Waals surface area (Å²) in [6, 6.07) is 3.89. The van der Waals surface area contributed by atoms with Gasteiger partial charge in [-0.15, -0.1) is 0 Å². The molecule has 108 valence electrons. The second-order valence-electron chi connectivity index (χ2n) is 5.11. The average Bonchev–Trinajstić information content (AvgIpc) is 3.03. The molecule has 7 heteroatoms. The smallest absolute Gasteiger partial charge is 0.148 e. The predicted molar refractivity (Wildman–Crippen MR) is 79.0 cm³/mol. The van der Waals surface area contributed by atoms with E-state index >= 15 is 0 Å². The molecule has 0 radical (unpaired) electrons. The van der Waals surface area contributed by atoms with Gasteiger partial charge in [0.1, 0.15) is 24.0 Å². The summed E-state index contributed by atoms with van der Waals surface area (Å²) in [5, 5.41) is 16.4. The van der Waals surface area contributed by atoms with Gasteiger partial charge < -0.3 is 4.90 Å². The van der Waals surface area contributed by atoms with E-state index in [0.29, 0.717) is 22.1 Å². The topological polar surface area (TPSA) is 81.5 Å². The Bertz CT molecular complexity index is 676. The lowest BCUT2D eigenvalue weighted by Gasteiger charge is -2.35. The molecule has 1 saturated heterocycles. The zero-order valence-electron chi connectivity index (χ0n) is 11.7. The lowest BCUT2D eigenvalue weighted by molar-refractivity contribution is 0.454. The van der Waals surface area contributed by atoms with Crippen molar-refractivity contribution in [2.75, 3.05) is 11.4 Å². The highest BCUT2D eigenvalue weighted by molar-refractivity contribution is 6.33. The molecule has 3 rings (SSSR count). The van der Waals surface area contributed by atoms with E-state index < -0.39 is 0 Å². The van der Waals surface area contributed by atoms with Crippen molar-refractivity contribution >= 4 is 17.4 Å². The highest BCUT2D eigenvalue weighted by Crippen LogP contribution is 2.36. The van der Waals surface area contributed by atoms with Crippen LogP contribution in [0.5, 0.6) is 0 Å². The Morgan fingerprint density at radius 1 is 1.48 bits per heavy atom. The Labute approximate surface area is 127 Å². The van der Waals surface area contributed by atoms with Crippen molar-refractivity contribution in [2.24, 2.45) is 0 Å². The van der Waals surface area contributed by atoms with Crippen LogP contribution in [0.4, 0.5) is 5.82 Å². The van der Waals surface area contributed by atoms with Gasteiger partial charge in [0.25, 0.3) is 0 Å². The second kappa shape index (κ2) is 5.70. The number of aromatic nitrogens is 4. The molecule has 0 spiro atoms. The molecule has 1 N–H and O–H groups in total. The number of rotatable bonds is 2. The number of aromatic amines is 1. The van der Waals surface area contributed by atoms with Crippen molar-refractivity contribution < 1.29 is 0 Å². The van der Waals surface area contributed by atoms with Crippen LogP contribution in [0.25, 0.3) is 0 Å². The second-order valence-corrected chi connectivity index (χ2v) is 5.52. The summed E-state index contributed by atoms with van der Waals surface area (Å²) in [5.74, 6) is 1.55. The van der Waals surface area contributed by atoms with Gasteiger partial charge in [-0.25, -0.2) is 9.97 Å². The van der Waals surface area contributed by atoms with Crippen LogP contribution in [0.1, 0.15) is 42.4 Å². The Morgan fingerprint density at radius 2 is 2.33 bits per heavy atom. The maximum atomic E-state index is 9.06. The summed E-state index contributed by atoms with van der Waals surface area (Å²) in [6.45, 7) is 2.69. The molecule has 21 heavy (non-hydrogen) atoms. The molecule has 1 fully saturated rings. The van der Waals surface area contributed by atoms with E-state index in [-0.39, 0.29) is 6.04 Å². The summed E-state index contributed by atoms with van der Waals surface area (Å²) in [5.41, 5.74) is 1.20. The zero-order valence-corrected chi connectivity index (χ0v) is 12.4. The number of aryl methyl sites for hydroxylation is 1. The minimum Gasteiger partial charge on any atom is -0.345 e. The SMILES string of the molecule is Cc1nc(N2CCCCC2c2ncn[nH]2)c(Cl)cc1C#N. The van der Waals surface area contributed by atoms with Gasteiger partial charge >= 0.3 is 0 Å². The first-order valence-corrected chi connectivity index (χ1v) is 7.27. The zero-order chi connectivity index (χ0) is 14.8. The molecule has 2 aromatic rings. The van der Waals surface area contributed by atoms with Crippen molar-refractivity contribution in [1.29, 1.82) is 5.26 Å². The number of nitriles is 1. The maximum absolute atomic E-state index is 9.06. The van der Waals surface area contributed by atoms with Gasteiger partial charge in [0.05, 0.1) is 22.3 Å². The fourth-order valence-corrected chi connectivity index (χ4v) is 2.99.